The number of hydrogen-bond acceptors (Lipinski definition) is 4. The van der Waals surface area contributed by atoms with Crippen molar-refractivity contribution in [2.24, 2.45) is 0 Å². The highest BCUT2D eigenvalue weighted by Crippen LogP contribution is 2.25. The zero-order valence-electron chi connectivity index (χ0n) is 16.4. The van der Waals surface area contributed by atoms with Crippen LogP contribution >= 0.6 is 0 Å². The van der Waals surface area contributed by atoms with E-state index >= 15 is 0 Å². The molecular formula is C24H26N2O3. The van der Waals surface area contributed by atoms with Gasteiger partial charge in [0.15, 0.2) is 5.76 Å². The summed E-state index contributed by atoms with van der Waals surface area (Å²) in [5.74, 6) is 0.103. The van der Waals surface area contributed by atoms with Crippen molar-refractivity contribution in [2.45, 2.75) is 32.0 Å². The second kappa shape index (κ2) is 9.07. The maximum Gasteiger partial charge on any atom is 0.287 e. The van der Waals surface area contributed by atoms with Gasteiger partial charge in [-0.05, 0) is 42.1 Å². The predicted molar refractivity (Wildman–Crippen MR) is 112 cm³/mol. The average Bonchev–Trinajstić information content (AvgIpc) is 3.43. The van der Waals surface area contributed by atoms with Crippen molar-refractivity contribution in [2.75, 3.05) is 13.2 Å². The highest BCUT2D eigenvalue weighted by atomic mass is 16.3. The quantitative estimate of drug-likeness (QED) is 0.643. The normalized spacial score (nSPS) is 16.8. The van der Waals surface area contributed by atoms with Crippen molar-refractivity contribution >= 4 is 5.91 Å². The molecule has 1 aliphatic rings. The molecule has 4 rings (SSSR count). The van der Waals surface area contributed by atoms with E-state index in [1.54, 1.807) is 6.26 Å². The number of carbonyl (C=O) groups excluding carboxylic acids is 1. The monoisotopic (exact) mass is 390 g/mol. The lowest BCUT2D eigenvalue weighted by Gasteiger charge is -2.24. The van der Waals surface area contributed by atoms with Crippen LogP contribution in [0.15, 0.2) is 71.3 Å². The zero-order valence-corrected chi connectivity index (χ0v) is 16.4. The number of benzene rings is 2. The molecule has 2 heterocycles. The summed E-state index contributed by atoms with van der Waals surface area (Å²) in [6.45, 7) is 2.41. The molecule has 5 nitrogen and oxygen atoms in total. The van der Waals surface area contributed by atoms with Gasteiger partial charge in [0.05, 0.1) is 12.9 Å². The van der Waals surface area contributed by atoms with Gasteiger partial charge in [0.1, 0.15) is 0 Å². The van der Waals surface area contributed by atoms with Crippen molar-refractivity contribution in [3.8, 4) is 11.1 Å². The van der Waals surface area contributed by atoms with Crippen molar-refractivity contribution in [3.05, 3.63) is 83.8 Å². The highest BCUT2D eigenvalue weighted by molar-refractivity contribution is 5.98. The molecule has 0 radical (unpaired) electrons. The number of rotatable bonds is 7. The molecule has 1 aliphatic heterocycles. The summed E-state index contributed by atoms with van der Waals surface area (Å²) in [5, 5.41) is 12.6. The predicted octanol–water partition coefficient (Wildman–Crippen LogP) is 3.83. The van der Waals surface area contributed by atoms with Gasteiger partial charge in [-0.3, -0.25) is 9.69 Å². The Labute approximate surface area is 171 Å². The van der Waals surface area contributed by atoms with Crippen LogP contribution in [0, 0.1) is 0 Å². The number of carbonyl (C=O) groups is 1. The molecule has 3 aromatic rings. The summed E-state index contributed by atoms with van der Waals surface area (Å²) < 4.78 is 5.49. The van der Waals surface area contributed by atoms with Crippen LogP contribution in [0.1, 0.15) is 34.5 Å². The Bertz CT molecular complexity index is 952. The van der Waals surface area contributed by atoms with Crippen LogP contribution in [0.4, 0.5) is 0 Å². The SMILES string of the molecule is O=C(NCc1ccccc1CN1CCCC1CO)c1occc1-c1ccccc1. The molecule has 1 atom stereocenters. The van der Waals surface area contributed by atoms with Crippen LogP contribution in [0.5, 0.6) is 0 Å². The molecule has 1 saturated heterocycles. The lowest BCUT2D eigenvalue weighted by molar-refractivity contribution is 0.0924. The van der Waals surface area contributed by atoms with Gasteiger partial charge in [0.2, 0.25) is 0 Å². The number of likely N-dealkylation sites (tertiary alicyclic amines) is 1. The summed E-state index contributed by atoms with van der Waals surface area (Å²) in [4.78, 5) is 15.1. The van der Waals surface area contributed by atoms with Crippen LogP contribution in [-0.4, -0.2) is 35.1 Å². The van der Waals surface area contributed by atoms with Gasteiger partial charge in [-0.15, -0.1) is 0 Å². The van der Waals surface area contributed by atoms with Gasteiger partial charge in [0, 0.05) is 24.7 Å². The molecule has 150 valence electrons. The molecule has 0 aliphatic carbocycles. The van der Waals surface area contributed by atoms with Crippen LogP contribution in [0.3, 0.4) is 0 Å². The largest absolute Gasteiger partial charge is 0.459 e. The van der Waals surface area contributed by atoms with E-state index in [0.717, 1.165) is 42.6 Å². The Morgan fingerprint density at radius 3 is 2.62 bits per heavy atom. The summed E-state index contributed by atoms with van der Waals surface area (Å²) >= 11 is 0. The van der Waals surface area contributed by atoms with E-state index < -0.39 is 0 Å². The Hall–Kier alpha value is -2.89. The van der Waals surface area contributed by atoms with Crippen molar-refractivity contribution in [3.63, 3.8) is 0 Å². The van der Waals surface area contributed by atoms with Gasteiger partial charge in [-0.2, -0.15) is 0 Å². The molecule has 2 N–H and O–H groups in total. The summed E-state index contributed by atoms with van der Waals surface area (Å²) in [6.07, 6.45) is 3.70. The number of aliphatic hydroxyl groups excluding tert-OH is 1. The first-order valence-corrected chi connectivity index (χ1v) is 10.1. The number of amides is 1. The zero-order chi connectivity index (χ0) is 20.1. The molecular weight excluding hydrogens is 364 g/mol. The third kappa shape index (κ3) is 4.42. The minimum Gasteiger partial charge on any atom is -0.459 e. The maximum absolute atomic E-state index is 12.8. The molecule has 29 heavy (non-hydrogen) atoms. The molecule has 2 aromatic carbocycles. The summed E-state index contributed by atoms with van der Waals surface area (Å²) in [5.41, 5.74) is 4.00. The van der Waals surface area contributed by atoms with E-state index in [1.165, 1.54) is 5.56 Å². The van der Waals surface area contributed by atoms with Gasteiger partial charge < -0.3 is 14.8 Å². The van der Waals surface area contributed by atoms with Crippen molar-refractivity contribution in [1.29, 1.82) is 0 Å². The Morgan fingerprint density at radius 1 is 1.07 bits per heavy atom. The number of nitrogens with one attached hydrogen (secondary N) is 1. The van der Waals surface area contributed by atoms with E-state index in [0.29, 0.717) is 12.3 Å². The molecule has 1 amide bonds. The standard InChI is InChI=1S/C24H26N2O3/c27-17-21-11-6-13-26(21)16-20-10-5-4-9-19(20)15-25-24(28)23-22(12-14-29-23)18-7-2-1-3-8-18/h1-5,7-10,12,14,21,27H,6,11,13,15-17H2,(H,25,28). The van der Waals surface area contributed by atoms with Crippen LogP contribution in [0.2, 0.25) is 0 Å². The minimum absolute atomic E-state index is 0.194. The van der Waals surface area contributed by atoms with Crippen molar-refractivity contribution < 1.29 is 14.3 Å². The lowest BCUT2D eigenvalue weighted by atomic mass is 10.1. The number of furan rings is 1. The van der Waals surface area contributed by atoms with E-state index in [9.17, 15) is 9.90 Å². The minimum atomic E-state index is -0.224. The smallest absolute Gasteiger partial charge is 0.287 e. The van der Waals surface area contributed by atoms with Crippen LogP contribution in [0.25, 0.3) is 11.1 Å². The van der Waals surface area contributed by atoms with Gasteiger partial charge in [-0.1, -0.05) is 54.6 Å². The summed E-state index contributed by atoms with van der Waals surface area (Å²) in [7, 11) is 0. The first-order valence-electron chi connectivity index (χ1n) is 10.1. The van der Waals surface area contributed by atoms with Crippen LogP contribution < -0.4 is 5.32 Å². The lowest BCUT2D eigenvalue weighted by Crippen LogP contribution is -2.32. The third-order valence-electron chi connectivity index (χ3n) is 5.60. The molecule has 5 heteroatoms. The Kier molecular flexibility index (Phi) is 6.08. The first kappa shape index (κ1) is 19.4. The van der Waals surface area contributed by atoms with Gasteiger partial charge >= 0.3 is 0 Å². The molecule has 0 saturated carbocycles. The fraction of sp³-hybridized carbons (Fsp3) is 0.292. The number of nitrogens with zero attached hydrogens (tertiary/aromatic N) is 1. The molecule has 1 unspecified atom stereocenters. The molecule has 1 aromatic heterocycles. The van der Waals surface area contributed by atoms with Crippen LogP contribution in [-0.2, 0) is 13.1 Å². The van der Waals surface area contributed by atoms with Gasteiger partial charge in [0.25, 0.3) is 5.91 Å². The van der Waals surface area contributed by atoms with E-state index in [1.807, 2.05) is 54.6 Å². The van der Waals surface area contributed by atoms with Gasteiger partial charge in [-0.25, -0.2) is 0 Å². The highest BCUT2D eigenvalue weighted by Gasteiger charge is 2.24. The maximum atomic E-state index is 12.8. The summed E-state index contributed by atoms with van der Waals surface area (Å²) in [6, 6.07) is 19.9. The Morgan fingerprint density at radius 2 is 1.83 bits per heavy atom. The number of hydrogen-bond donors (Lipinski definition) is 2. The second-order valence-electron chi connectivity index (χ2n) is 7.43. The second-order valence-corrected chi connectivity index (χ2v) is 7.43. The molecule has 0 bridgehead atoms. The van der Waals surface area contributed by atoms with E-state index in [2.05, 4.69) is 16.3 Å². The third-order valence-corrected chi connectivity index (χ3v) is 5.60. The fourth-order valence-corrected chi connectivity index (χ4v) is 4.00. The van der Waals surface area contributed by atoms with E-state index in [-0.39, 0.29) is 18.6 Å². The molecule has 1 fully saturated rings. The average molecular weight is 390 g/mol. The Balaban J connectivity index is 1.45. The first-order chi connectivity index (χ1) is 14.3. The fourth-order valence-electron chi connectivity index (χ4n) is 4.00. The van der Waals surface area contributed by atoms with E-state index in [4.69, 9.17) is 4.42 Å². The topological polar surface area (TPSA) is 65.7 Å². The molecule has 0 spiro atoms. The number of aliphatic hydroxyl groups is 1. The van der Waals surface area contributed by atoms with Crippen molar-refractivity contribution in [1.82, 2.24) is 10.2 Å².